The molecule has 0 bridgehead atoms. The molecule has 4 rings (SSSR count). The monoisotopic (exact) mass is 562 g/mol. The van der Waals surface area contributed by atoms with Crippen LogP contribution < -0.4 is 19.1 Å². The summed E-state index contributed by atoms with van der Waals surface area (Å²) in [6, 6.07) is 12.1. The molecule has 10 nitrogen and oxygen atoms in total. The van der Waals surface area contributed by atoms with Crippen LogP contribution in [0.3, 0.4) is 0 Å². The minimum absolute atomic E-state index is 0.0809. The summed E-state index contributed by atoms with van der Waals surface area (Å²) >= 11 is 12.1. The number of nitrogens with one attached hydrogen (secondary N) is 1. The van der Waals surface area contributed by atoms with Gasteiger partial charge in [-0.2, -0.15) is 8.42 Å². The number of phenolic OH excluding ortho intramolecular Hbond substituents is 1. The van der Waals surface area contributed by atoms with E-state index >= 15 is 0 Å². The Morgan fingerprint density at radius 3 is 2.24 bits per heavy atom. The number of anilines is 1. The SMILES string of the molecule is COc1cc(/C=C2\C(=O)NC(=O)N(c3ccc(O)cc3)C2=O)cc(Cl)c1OS(=O)(=O)c1ccc(Cl)cc1. The number of aromatic hydroxyl groups is 1. The van der Waals surface area contributed by atoms with Gasteiger partial charge in [-0.1, -0.05) is 23.2 Å². The van der Waals surface area contributed by atoms with E-state index in [-0.39, 0.29) is 38.4 Å². The summed E-state index contributed by atoms with van der Waals surface area (Å²) in [7, 11) is -3.06. The molecule has 1 saturated heterocycles. The molecule has 37 heavy (non-hydrogen) atoms. The first kappa shape index (κ1) is 26.0. The Morgan fingerprint density at radius 2 is 1.62 bits per heavy atom. The van der Waals surface area contributed by atoms with E-state index in [0.29, 0.717) is 5.02 Å². The predicted molar refractivity (Wildman–Crippen MR) is 134 cm³/mol. The van der Waals surface area contributed by atoms with Crippen molar-refractivity contribution in [1.82, 2.24) is 5.32 Å². The molecule has 0 unspecified atom stereocenters. The maximum absolute atomic E-state index is 13.0. The molecule has 1 aliphatic heterocycles. The summed E-state index contributed by atoms with van der Waals surface area (Å²) in [4.78, 5) is 38.4. The quantitative estimate of drug-likeness (QED) is 0.259. The van der Waals surface area contributed by atoms with E-state index in [4.69, 9.17) is 32.1 Å². The van der Waals surface area contributed by atoms with E-state index in [0.717, 1.165) is 11.0 Å². The van der Waals surface area contributed by atoms with Crippen molar-refractivity contribution in [2.75, 3.05) is 12.0 Å². The average Bonchev–Trinajstić information content (AvgIpc) is 2.84. The van der Waals surface area contributed by atoms with Crippen molar-refractivity contribution in [3.05, 3.63) is 81.8 Å². The fourth-order valence-electron chi connectivity index (χ4n) is 3.32. The smallest absolute Gasteiger partial charge is 0.339 e. The molecule has 1 heterocycles. The Kier molecular flexibility index (Phi) is 7.12. The van der Waals surface area contributed by atoms with Gasteiger partial charge >= 0.3 is 16.1 Å². The van der Waals surface area contributed by atoms with E-state index in [2.05, 4.69) is 5.32 Å². The van der Waals surface area contributed by atoms with Gasteiger partial charge in [-0.3, -0.25) is 14.9 Å². The number of barbiturate groups is 1. The third kappa shape index (κ3) is 5.38. The first-order valence-electron chi connectivity index (χ1n) is 10.3. The van der Waals surface area contributed by atoms with Crippen LogP contribution in [-0.4, -0.2) is 38.5 Å². The highest BCUT2D eigenvalue weighted by atomic mass is 35.5. The van der Waals surface area contributed by atoms with Gasteiger partial charge in [0.25, 0.3) is 11.8 Å². The lowest BCUT2D eigenvalue weighted by molar-refractivity contribution is -0.122. The lowest BCUT2D eigenvalue weighted by Crippen LogP contribution is -2.54. The topological polar surface area (TPSA) is 139 Å². The lowest BCUT2D eigenvalue weighted by atomic mass is 10.1. The number of methoxy groups -OCH3 is 1. The van der Waals surface area contributed by atoms with E-state index < -0.39 is 33.5 Å². The highest BCUT2D eigenvalue weighted by Gasteiger charge is 2.37. The zero-order valence-corrected chi connectivity index (χ0v) is 21.1. The average molecular weight is 563 g/mol. The van der Waals surface area contributed by atoms with Gasteiger partial charge in [-0.15, -0.1) is 0 Å². The summed E-state index contributed by atoms with van der Waals surface area (Å²) in [6.45, 7) is 0. The normalized spacial score (nSPS) is 15.1. The summed E-state index contributed by atoms with van der Waals surface area (Å²) in [5.41, 5.74) is -0.115. The molecule has 190 valence electrons. The Balaban J connectivity index is 1.69. The van der Waals surface area contributed by atoms with Gasteiger partial charge in [0.1, 0.15) is 16.2 Å². The molecule has 0 spiro atoms. The van der Waals surface area contributed by atoms with E-state index in [1.807, 2.05) is 0 Å². The Morgan fingerprint density at radius 1 is 0.973 bits per heavy atom. The van der Waals surface area contributed by atoms with Crippen molar-refractivity contribution in [3.63, 3.8) is 0 Å². The molecule has 2 N–H and O–H groups in total. The molecule has 3 aromatic rings. The van der Waals surface area contributed by atoms with Crippen LogP contribution in [0.1, 0.15) is 5.56 Å². The van der Waals surface area contributed by atoms with Gasteiger partial charge in [0.15, 0.2) is 5.75 Å². The number of amides is 4. The fourth-order valence-corrected chi connectivity index (χ4v) is 4.71. The number of nitrogens with zero attached hydrogens (tertiary/aromatic N) is 1. The van der Waals surface area contributed by atoms with Gasteiger partial charge < -0.3 is 14.0 Å². The molecule has 0 aliphatic carbocycles. The van der Waals surface area contributed by atoms with Gasteiger partial charge in [-0.05, 0) is 72.3 Å². The van der Waals surface area contributed by atoms with Crippen molar-refractivity contribution in [1.29, 1.82) is 0 Å². The number of phenols is 1. The van der Waals surface area contributed by atoms with Crippen LogP contribution in [0.5, 0.6) is 17.2 Å². The number of hydrogen-bond donors (Lipinski definition) is 2. The number of carbonyl (C=O) groups is 3. The number of ether oxygens (including phenoxy) is 1. The van der Waals surface area contributed by atoms with Crippen LogP contribution in [0.15, 0.2) is 71.1 Å². The molecule has 0 saturated carbocycles. The number of imide groups is 2. The third-order valence-electron chi connectivity index (χ3n) is 5.07. The largest absolute Gasteiger partial charge is 0.508 e. The van der Waals surface area contributed by atoms with Crippen molar-refractivity contribution in [2.24, 2.45) is 0 Å². The molecule has 1 fully saturated rings. The minimum atomic E-state index is -4.31. The third-order valence-corrected chi connectivity index (χ3v) is 6.84. The highest BCUT2D eigenvalue weighted by Crippen LogP contribution is 2.39. The van der Waals surface area contributed by atoms with Crippen LogP contribution in [0.25, 0.3) is 6.08 Å². The molecule has 0 atom stereocenters. The lowest BCUT2D eigenvalue weighted by Gasteiger charge is -2.26. The van der Waals surface area contributed by atoms with Crippen LogP contribution in [-0.2, 0) is 19.7 Å². The van der Waals surface area contributed by atoms with Gasteiger partial charge in [0, 0.05) is 5.02 Å². The molecular weight excluding hydrogens is 547 g/mol. The van der Waals surface area contributed by atoms with Crippen LogP contribution >= 0.6 is 23.2 Å². The number of halogens is 2. The predicted octanol–water partition coefficient (Wildman–Crippen LogP) is 4.14. The Bertz CT molecular complexity index is 1550. The zero-order valence-electron chi connectivity index (χ0n) is 18.8. The standard InChI is InChI=1S/C24H16Cl2N2O8S/c1-35-20-12-13(11-19(26)21(20)36-37(33,34)17-8-2-14(25)3-9-17)10-18-22(30)27-24(32)28(23(18)31)15-4-6-16(29)7-5-15/h2-12,29H,1H3,(H,27,30,32)/b18-10+. The second kappa shape index (κ2) is 10.1. The van der Waals surface area contributed by atoms with Crippen molar-refractivity contribution >= 4 is 62.9 Å². The number of hydrogen-bond acceptors (Lipinski definition) is 8. The number of urea groups is 1. The maximum atomic E-state index is 13.0. The molecule has 0 aromatic heterocycles. The van der Waals surface area contributed by atoms with E-state index in [9.17, 15) is 27.9 Å². The number of benzene rings is 3. The summed E-state index contributed by atoms with van der Waals surface area (Å²) < 4.78 is 35.8. The van der Waals surface area contributed by atoms with Crippen molar-refractivity contribution < 1.29 is 36.8 Å². The van der Waals surface area contributed by atoms with Gasteiger partial charge in [-0.25, -0.2) is 9.69 Å². The van der Waals surface area contributed by atoms with Gasteiger partial charge in [0.05, 0.1) is 17.8 Å². The van der Waals surface area contributed by atoms with Crippen LogP contribution in [0.2, 0.25) is 10.0 Å². The van der Waals surface area contributed by atoms with Crippen molar-refractivity contribution in [2.45, 2.75) is 4.90 Å². The van der Waals surface area contributed by atoms with Crippen molar-refractivity contribution in [3.8, 4) is 17.2 Å². The van der Waals surface area contributed by atoms with E-state index in [1.165, 1.54) is 67.8 Å². The Labute approximate surface area is 220 Å². The molecule has 13 heteroatoms. The summed E-state index contributed by atoms with van der Waals surface area (Å²) in [6.07, 6.45) is 1.16. The van der Waals surface area contributed by atoms with Crippen LogP contribution in [0.4, 0.5) is 10.5 Å². The van der Waals surface area contributed by atoms with Gasteiger partial charge in [0.2, 0.25) is 5.75 Å². The first-order valence-corrected chi connectivity index (χ1v) is 12.4. The minimum Gasteiger partial charge on any atom is -0.508 e. The maximum Gasteiger partial charge on any atom is 0.339 e. The second-order valence-corrected chi connectivity index (χ2v) is 9.89. The fraction of sp³-hybridized carbons (Fsp3) is 0.0417. The second-order valence-electron chi connectivity index (χ2n) is 7.50. The zero-order chi connectivity index (χ0) is 26.9. The summed E-state index contributed by atoms with van der Waals surface area (Å²) in [5.74, 6) is -2.39. The highest BCUT2D eigenvalue weighted by molar-refractivity contribution is 7.87. The number of rotatable bonds is 6. The molecule has 0 radical (unpaired) electrons. The molecule has 1 aliphatic rings. The first-order chi connectivity index (χ1) is 17.5. The Hall–Kier alpha value is -4.06. The van der Waals surface area contributed by atoms with Crippen LogP contribution in [0, 0.1) is 0 Å². The molecular formula is C24H16Cl2N2O8S. The van der Waals surface area contributed by atoms with E-state index in [1.54, 1.807) is 0 Å². The molecule has 3 aromatic carbocycles. The molecule has 4 amide bonds. The number of carbonyl (C=O) groups excluding carboxylic acids is 3. The summed E-state index contributed by atoms with van der Waals surface area (Å²) in [5, 5.41) is 11.7.